The molecule has 2 aromatic rings. The van der Waals surface area contributed by atoms with Crippen molar-refractivity contribution in [3.63, 3.8) is 0 Å². The van der Waals surface area contributed by atoms with Gasteiger partial charge in [0.2, 0.25) is 0 Å². The maximum Gasteiger partial charge on any atom is 0.257 e. The predicted octanol–water partition coefficient (Wildman–Crippen LogP) is 5.55. The molecular weight excluding hydrogens is 389 g/mol. The zero-order valence-corrected chi connectivity index (χ0v) is 17.3. The summed E-state index contributed by atoms with van der Waals surface area (Å²) in [5.41, 5.74) is 2.29. The average molecular weight is 412 g/mol. The molecule has 1 amide bonds. The Kier molecular flexibility index (Phi) is 8.63. The molecule has 0 bridgehead atoms. The Morgan fingerprint density at radius 3 is 2.54 bits per heavy atom. The smallest absolute Gasteiger partial charge is 0.257 e. The number of halogens is 2. The van der Waals surface area contributed by atoms with Gasteiger partial charge in [0.25, 0.3) is 5.91 Å². The predicted molar refractivity (Wildman–Crippen MR) is 112 cm³/mol. The van der Waals surface area contributed by atoms with Crippen LogP contribution >= 0.6 is 35.0 Å². The van der Waals surface area contributed by atoms with Crippen LogP contribution in [0.25, 0.3) is 0 Å². The molecule has 0 aromatic heterocycles. The number of ether oxygens (including phenoxy) is 1. The van der Waals surface area contributed by atoms with Crippen molar-refractivity contribution in [3.8, 4) is 5.75 Å². The van der Waals surface area contributed by atoms with Gasteiger partial charge in [-0.05, 0) is 41.3 Å². The molecule has 0 radical (unpaired) electrons. The fourth-order valence-corrected chi connectivity index (χ4v) is 3.65. The number of rotatable bonds is 9. The third-order valence-electron chi connectivity index (χ3n) is 3.76. The highest BCUT2D eigenvalue weighted by Gasteiger charge is 2.05. The van der Waals surface area contributed by atoms with Crippen molar-refractivity contribution in [2.45, 2.75) is 25.5 Å². The van der Waals surface area contributed by atoms with Crippen molar-refractivity contribution in [3.05, 3.63) is 63.6 Å². The first-order valence-electron chi connectivity index (χ1n) is 8.47. The first-order chi connectivity index (χ1) is 12.5. The Morgan fingerprint density at radius 1 is 1.15 bits per heavy atom. The lowest BCUT2D eigenvalue weighted by Crippen LogP contribution is -2.30. The summed E-state index contributed by atoms with van der Waals surface area (Å²) in [6.07, 6.45) is 0. The monoisotopic (exact) mass is 411 g/mol. The number of hydrogen-bond acceptors (Lipinski definition) is 3. The molecule has 26 heavy (non-hydrogen) atoms. The van der Waals surface area contributed by atoms with E-state index in [0.29, 0.717) is 28.3 Å². The molecule has 2 aromatic carbocycles. The largest absolute Gasteiger partial charge is 0.484 e. The molecule has 0 saturated heterocycles. The van der Waals surface area contributed by atoms with Gasteiger partial charge in [-0.1, -0.05) is 55.2 Å². The van der Waals surface area contributed by atoms with Gasteiger partial charge in [0.15, 0.2) is 6.61 Å². The molecule has 0 fully saturated rings. The molecule has 3 nitrogen and oxygen atoms in total. The van der Waals surface area contributed by atoms with Gasteiger partial charge >= 0.3 is 0 Å². The Hall–Kier alpha value is -1.36. The summed E-state index contributed by atoms with van der Waals surface area (Å²) in [6.45, 7) is 4.89. The van der Waals surface area contributed by atoms with Gasteiger partial charge in [0.1, 0.15) is 5.75 Å². The molecule has 0 spiro atoms. The summed E-state index contributed by atoms with van der Waals surface area (Å²) in [7, 11) is 0. The molecule has 0 atom stereocenters. The molecule has 0 saturated carbocycles. The molecule has 140 valence electrons. The second-order valence-electron chi connectivity index (χ2n) is 6.15. The van der Waals surface area contributed by atoms with Crippen molar-refractivity contribution in [2.75, 3.05) is 18.9 Å². The lowest BCUT2D eigenvalue weighted by molar-refractivity contribution is -0.122. The van der Waals surface area contributed by atoms with Gasteiger partial charge in [0, 0.05) is 28.1 Å². The van der Waals surface area contributed by atoms with Gasteiger partial charge in [-0.15, -0.1) is 0 Å². The summed E-state index contributed by atoms with van der Waals surface area (Å²) >= 11 is 13.7. The van der Waals surface area contributed by atoms with E-state index in [1.165, 1.54) is 5.56 Å². The van der Waals surface area contributed by atoms with Crippen LogP contribution in [0.3, 0.4) is 0 Å². The molecule has 0 heterocycles. The van der Waals surface area contributed by atoms with Crippen LogP contribution in [0, 0.1) is 0 Å². The number of carbonyl (C=O) groups is 1. The van der Waals surface area contributed by atoms with Crippen LogP contribution in [0.15, 0.2) is 42.5 Å². The van der Waals surface area contributed by atoms with E-state index >= 15 is 0 Å². The number of amides is 1. The van der Waals surface area contributed by atoms with E-state index < -0.39 is 0 Å². The van der Waals surface area contributed by atoms with E-state index in [1.807, 2.05) is 36.4 Å². The Bertz CT molecular complexity index is 720. The highest BCUT2D eigenvalue weighted by molar-refractivity contribution is 7.98. The molecule has 6 heteroatoms. The summed E-state index contributed by atoms with van der Waals surface area (Å²) < 4.78 is 5.51. The van der Waals surface area contributed by atoms with E-state index in [9.17, 15) is 4.79 Å². The summed E-state index contributed by atoms with van der Waals surface area (Å²) in [5, 5.41) is 4.16. The van der Waals surface area contributed by atoms with Crippen molar-refractivity contribution < 1.29 is 9.53 Å². The van der Waals surface area contributed by atoms with Gasteiger partial charge in [-0.2, -0.15) is 11.8 Å². The lowest BCUT2D eigenvalue weighted by atomic mass is 10.0. The molecule has 2 rings (SSSR count). The first kappa shape index (κ1) is 20.9. The molecule has 1 N–H and O–H groups in total. The van der Waals surface area contributed by atoms with Crippen LogP contribution in [0.4, 0.5) is 0 Å². The topological polar surface area (TPSA) is 38.3 Å². The summed E-state index contributed by atoms with van der Waals surface area (Å²) in [5.74, 6) is 2.64. The van der Waals surface area contributed by atoms with E-state index in [1.54, 1.807) is 17.8 Å². The number of nitrogens with one attached hydrogen (secondary N) is 1. The van der Waals surface area contributed by atoms with E-state index in [-0.39, 0.29) is 12.5 Å². The quantitative estimate of drug-likeness (QED) is 0.549. The Balaban J connectivity index is 1.61. The van der Waals surface area contributed by atoms with Crippen LogP contribution < -0.4 is 10.1 Å². The van der Waals surface area contributed by atoms with E-state index in [0.717, 1.165) is 17.1 Å². The minimum Gasteiger partial charge on any atom is -0.484 e. The van der Waals surface area contributed by atoms with Crippen molar-refractivity contribution >= 4 is 40.9 Å². The Labute approximate surface area is 169 Å². The van der Waals surface area contributed by atoms with Crippen LogP contribution in [0.1, 0.15) is 30.9 Å². The third kappa shape index (κ3) is 7.10. The summed E-state index contributed by atoms with van der Waals surface area (Å²) in [4.78, 5) is 11.8. The zero-order valence-electron chi connectivity index (χ0n) is 14.9. The molecule has 0 unspecified atom stereocenters. The Morgan fingerprint density at radius 2 is 1.88 bits per heavy atom. The fourth-order valence-electron chi connectivity index (χ4n) is 2.23. The van der Waals surface area contributed by atoms with Crippen molar-refractivity contribution in [1.29, 1.82) is 0 Å². The van der Waals surface area contributed by atoms with Crippen molar-refractivity contribution in [1.82, 2.24) is 5.32 Å². The van der Waals surface area contributed by atoms with Gasteiger partial charge < -0.3 is 10.1 Å². The zero-order chi connectivity index (χ0) is 18.9. The highest BCUT2D eigenvalue weighted by Crippen LogP contribution is 2.24. The molecule has 0 aliphatic heterocycles. The van der Waals surface area contributed by atoms with Crippen molar-refractivity contribution in [2.24, 2.45) is 0 Å². The lowest BCUT2D eigenvalue weighted by Gasteiger charge is -2.09. The standard InChI is InChI=1S/C20H23Cl2NO2S/c1-14(2)15-4-7-18(8-5-15)25-12-20(24)23-9-10-26-13-16-3-6-17(21)11-19(16)22/h3-8,11,14H,9-10,12-13H2,1-2H3,(H,23,24). The second kappa shape index (κ2) is 10.7. The third-order valence-corrected chi connectivity index (χ3v) is 5.35. The van der Waals surface area contributed by atoms with Crippen LogP contribution in [-0.4, -0.2) is 24.8 Å². The van der Waals surface area contributed by atoms with Crippen LogP contribution in [0.5, 0.6) is 5.75 Å². The van der Waals surface area contributed by atoms with Gasteiger partial charge in [-0.25, -0.2) is 0 Å². The molecule has 0 aliphatic carbocycles. The SMILES string of the molecule is CC(C)c1ccc(OCC(=O)NCCSCc2ccc(Cl)cc2Cl)cc1. The number of thioether (sulfide) groups is 1. The first-order valence-corrected chi connectivity index (χ1v) is 10.4. The van der Waals surface area contributed by atoms with Crippen LogP contribution in [0.2, 0.25) is 10.0 Å². The number of hydrogen-bond donors (Lipinski definition) is 1. The second-order valence-corrected chi connectivity index (χ2v) is 8.10. The van der Waals surface area contributed by atoms with Gasteiger partial charge in [0.05, 0.1) is 0 Å². The summed E-state index contributed by atoms with van der Waals surface area (Å²) in [6, 6.07) is 13.3. The normalized spacial score (nSPS) is 10.8. The van der Waals surface area contributed by atoms with E-state index in [2.05, 4.69) is 19.2 Å². The average Bonchev–Trinajstić information content (AvgIpc) is 2.61. The fraction of sp³-hybridized carbons (Fsp3) is 0.350. The van der Waals surface area contributed by atoms with E-state index in [4.69, 9.17) is 27.9 Å². The van der Waals surface area contributed by atoms with Gasteiger partial charge in [-0.3, -0.25) is 4.79 Å². The number of carbonyl (C=O) groups excluding carboxylic acids is 1. The molecular formula is C20H23Cl2NO2S. The maximum atomic E-state index is 11.8. The minimum atomic E-state index is -0.122. The number of benzene rings is 2. The minimum absolute atomic E-state index is 0.0225. The highest BCUT2D eigenvalue weighted by atomic mass is 35.5. The van der Waals surface area contributed by atoms with Crippen LogP contribution in [-0.2, 0) is 10.5 Å². The molecule has 0 aliphatic rings. The maximum absolute atomic E-state index is 11.8.